The summed E-state index contributed by atoms with van der Waals surface area (Å²) in [5, 5.41) is 3.55. The van der Waals surface area contributed by atoms with E-state index < -0.39 is 0 Å². The van der Waals surface area contributed by atoms with Crippen LogP contribution in [-0.4, -0.2) is 15.9 Å². The fourth-order valence-electron chi connectivity index (χ4n) is 2.10. The van der Waals surface area contributed by atoms with E-state index in [9.17, 15) is 0 Å². The zero-order valence-electron chi connectivity index (χ0n) is 12.2. The highest BCUT2D eigenvalue weighted by Crippen LogP contribution is 2.35. The number of benzene rings is 1. The molecular formula is C15H21N3S2. The van der Waals surface area contributed by atoms with Gasteiger partial charge < -0.3 is 5.32 Å². The van der Waals surface area contributed by atoms with Crippen molar-refractivity contribution < 1.29 is 0 Å². The van der Waals surface area contributed by atoms with Crippen molar-refractivity contribution in [2.75, 3.05) is 6.54 Å². The summed E-state index contributed by atoms with van der Waals surface area (Å²) in [4.78, 5) is 5.82. The van der Waals surface area contributed by atoms with Gasteiger partial charge in [-0.3, -0.25) is 0 Å². The molecule has 0 bridgehead atoms. The van der Waals surface area contributed by atoms with E-state index in [4.69, 9.17) is 0 Å². The number of hydrogen-bond acceptors (Lipinski definition) is 5. The summed E-state index contributed by atoms with van der Waals surface area (Å²) in [6, 6.07) is 8.99. The zero-order chi connectivity index (χ0) is 14.4. The van der Waals surface area contributed by atoms with Gasteiger partial charge in [0.05, 0.1) is 0 Å². The molecule has 0 radical (unpaired) electrons. The van der Waals surface area contributed by atoms with E-state index in [1.165, 1.54) is 22.0 Å². The maximum absolute atomic E-state index is 4.55. The van der Waals surface area contributed by atoms with Gasteiger partial charge in [-0.15, -0.1) is 0 Å². The molecule has 5 heteroatoms. The predicted molar refractivity (Wildman–Crippen MR) is 86.6 cm³/mol. The van der Waals surface area contributed by atoms with Crippen LogP contribution in [0.15, 0.2) is 33.5 Å². The van der Waals surface area contributed by atoms with E-state index >= 15 is 0 Å². The van der Waals surface area contributed by atoms with Gasteiger partial charge in [0, 0.05) is 17.4 Å². The zero-order valence-corrected chi connectivity index (χ0v) is 13.9. The third-order valence-electron chi connectivity index (χ3n) is 3.12. The molecule has 1 atom stereocenters. The van der Waals surface area contributed by atoms with Crippen LogP contribution in [0.2, 0.25) is 0 Å². The molecule has 0 saturated heterocycles. The molecule has 1 N–H and O–H groups in total. The Kier molecular flexibility index (Phi) is 6.01. The lowest BCUT2D eigenvalue weighted by Crippen LogP contribution is -2.20. The number of nitrogens with one attached hydrogen (secondary N) is 1. The predicted octanol–water partition coefficient (Wildman–Crippen LogP) is 4.31. The van der Waals surface area contributed by atoms with Gasteiger partial charge in [-0.1, -0.05) is 50.7 Å². The average Bonchev–Trinajstić information content (AvgIpc) is 2.93. The molecule has 0 saturated carbocycles. The summed E-state index contributed by atoms with van der Waals surface area (Å²) in [5.41, 5.74) is 1.36. The van der Waals surface area contributed by atoms with Gasteiger partial charge in [0.25, 0.3) is 0 Å². The van der Waals surface area contributed by atoms with Crippen LogP contribution in [0.5, 0.6) is 0 Å². The quantitative estimate of drug-likeness (QED) is 0.827. The maximum Gasteiger partial charge on any atom is 0.174 e. The van der Waals surface area contributed by atoms with Gasteiger partial charge in [-0.2, -0.15) is 4.37 Å². The van der Waals surface area contributed by atoms with Crippen molar-refractivity contribution in [3.05, 3.63) is 35.7 Å². The number of hydrogen-bond donors (Lipinski definition) is 1. The third kappa shape index (κ3) is 3.81. The molecule has 0 aliphatic rings. The second kappa shape index (κ2) is 7.76. The minimum atomic E-state index is 0.405. The number of rotatable bonds is 7. The second-order valence-electron chi connectivity index (χ2n) is 4.49. The van der Waals surface area contributed by atoms with Crippen LogP contribution in [0.4, 0.5) is 0 Å². The Morgan fingerprint density at radius 1 is 1.25 bits per heavy atom. The number of nitrogens with zero attached hydrogens (tertiary/aromatic N) is 2. The van der Waals surface area contributed by atoms with Crippen LogP contribution in [0.1, 0.15) is 44.6 Å². The van der Waals surface area contributed by atoms with Crippen molar-refractivity contribution in [2.45, 2.75) is 48.9 Å². The minimum absolute atomic E-state index is 0.405. The van der Waals surface area contributed by atoms with E-state index in [2.05, 4.69) is 59.7 Å². The van der Waals surface area contributed by atoms with E-state index in [0.29, 0.717) is 6.04 Å². The SMILES string of the molecule is CCNC(CC)c1ccccc1Sc1nc(CC)ns1. The Labute approximate surface area is 129 Å². The molecule has 0 fully saturated rings. The van der Waals surface area contributed by atoms with Gasteiger partial charge in [0.15, 0.2) is 4.34 Å². The topological polar surface area (TPSA) is 37.8 Å². The summed E-state index contributed by atoms with van der Waals surface area (Å²) in [7, 11) is 0. The molecule has 1 aromatic carbocycles. The minimum Gasteiger partial charge on any atom is -0.310 e. The van der Waals surface area contributed by atoms with Crippen LogP contribution in [-0.2, 0) is 6.42 Å². The first-order valence-electron chi connectivity index (χ1n) is 7.11. The van der Waals surface area contributed by atoms with Gasteiger partial charge in [-0.05, 0) is 36.1 Å². The number of aryl methyl sites for hydroxylation is 1. The van der Waals surface area contributed by atoms with Crippen molar-refractivity contribution in [1.82, 2.24) is 14.7 Å². The highest BCUT2D eigenvalue weighted by molar-refractivity contribution is 8.01. The molecule has 2 aromatic rings. The molecule has 0 spiro atoms. The van der Waals surface area contributed by atoms with Crippen molar-refractivity contribution in [1.29, 1.82) is 0 Å². The Morgan fingerprint density at radius 3 is 2.70 bits per heavy atom. The van der Waals surface area contributed by atoms with Crippen molar-refractivity contribution in [3.63, 3.8) is 0 Å². The molecule has 1 aromatic heterocycles. The Balaban J connectivity index is 2.22. The Bertz CT molecular complexity index is 539. The summed E-state index contributed by atoms with van der Waals surface area (Å²) in [6.45, 7) is 7.44. The first-order valence-corrected chi connectivity index (χ1v) is 8.70. The van der Waals surface area contributed by atoms with Crippen LogP contribution in [0, 0.1) is 0 Å². The molecule has 1 unspecified atom stereocenters. The normalized spacial score (nSPS) is 12.6. The molecule has 0 aliphatic heterocycles. The maximum atomic E-state index is 4.55. The first-order chi connectivity index (χ1) is 9.78. The van der Waals surface area contributed by atoms with Gasteiger partial charge >= 0.3 is 0 Å². The molecular weight excluding hydrogens is 286 g/mol. The second-order valence-corrected chi connectivity index (χ2v) is 6.53. The van der Waals surface area contributed by atoms with Crippen LogP contribution in [0.3, 0.4) is 0 Å². The summed E-state index contributed by atoms with van der Waals surface area (Å²) >= 11 is 3.22. The lowest BCUT2D eigenvalue weighted by molar-refractivity contribution is 0.530. The van der Waals surface area contributed by atoms with Crippen molar-refractivity contribution in [2.24, 2.45) is 0 Å². The van der Waals surface area contributed by atoms with Crippen molar-refractivity contribution >= 4 is 23.3 Å². The van der Waals surface area contributed by atoms with E-state index in [1.807, 2.05) is 0 Å². The lowest BCUT2D eigenvalue weighted by Gasteiger charge is -2.19. The molecule has 3 nitrogen and oxygen atoms in total. The standard InChI is InChI=1S/C15H21N3S2/c1-4-12(16-6-3)11-9-7-8-10-13(11)19-15-17-14(5-2)18-20-15/h7-10,12,16H,4-6H2,1-3H3. The average molecular weight is 307 g/mol. The summed E-state index contributed by atoms with van der Waals surface area (Å²) < 4.78 is 5.38. The van der Waals surface area contributed by atoms with Crippen molar-refractivity contribution in [3.8, 4) is 0 Å². The summed E-state index contributed by atoms with van der Waals surface area (Å²) in [6.07, 6.45) is 1.98. The molecule has 2 rings (SSSR count). The largest absolute Gasteiger partial charge is 0.310 e. The highest BCUT2D eigenvalue weighted by Gasteiger charge is 2.14. The van der Waals surface area contributed by atoms with Gasteiger partial charge in [-0.25, -0.2) is 4.98 Å². The van der Waals surface area contributed by atoms with Crippen LogP contribution >= 0.6 is 23.3 Å². The fourth-order valence-corrected chi connectivity index (χ4v) is 3.94. The third-order valence-corrected chi connectivity index (χ3v) is 5.00. The van der Waals surface area contributed by atoms with E-state index in [-0.39, 0.29) is 0 Å². The summed E-state index contributed by atoms with van der Waals surface area (Å²) in [5.74, 6) is 0.939. The van der Waals surface area contributed by atoms with Crippen LogP contribution < -0.4 is 5.32 Å². The van der Waals surface area contributed by atoms with E-state index in [0.717, 1.165) is 29.6 Å². The molecule has 0 aliphatic carbocycles. The molecule has 20 heavy (non-hydrogen) atoms. The molecule has 0 amide bonds. The molecule has 108 valence electrons. The highest BCUT2D eigenvalue weighted by atomic mass is 32.2. The first kappa shape index (κ1) is 15.5. The van der Waals surface area contributed by atoms with E-state index in [1.54, 1.807) is 11.8 Å². The Morgan fingerprint density at radius 2 is 2.05 bits per heavy atom. The Hall–Kier alpha value is -0.910. The fraction of sp³-hybridized carbons (Fsp3) is 0.467. The van der Waals surface area contributed by atoms with Crippen LogP contribution in [0.25, 0.3) is 0 Å². The molecule has 1 heterocycles. The van der Waals surface area contributed by atoms with Gasteiger partial charge in [0.2, 0.25) is 0 Å². The number of aromatic nitrogens is 2. The smallest absolute Gasteiger partial charge is 0.174 e. The monoisotopic (exact) mass is 307 g/mol. The lowest BCUT2D eigenvalue weighted by atomic mass is 10.0. The van der Waals surface area contributed by atoms with Gasteiger partial charge in [0.1, 0.15) is 5.82 Å².